The summed E-state index contributed by atoms with van der Waals surface area (Å²) in [4.78, 5) is 36.1. The van der Waals surface area contributed by atoms with Crippen LogP contribution in [0.5, 0.6) is 11.5 Å². The van der Waals surface area contributed by atoms with Gasteiger partial charge in [-0.2, -0.15) is 5.26 Å². The van der Waals surface area contributed by atoms with Crippen LogP contribution in [0.1, 0.15) is 11.1 Å². The maximum atomic E-state index is 12.1. The molecule has 9 heteroatoms. The van der Waals surface area contributed by atoms with E-state index < -0.39 is 24.4 Å². The van der Waals surface area contributed by atoms with Gasteiger partial charge in [-0.05, 0) is 48.4 Å². The number of nitriles is 1. The number of benzene rings is 2. The van der Waals surface area contributed by atoms with Gasteiger partial charge >= 0.3 is 5.97 Å². The molecule has 0 bridgehead atoms. The van der Waals surface area contributed by atoms with Crippen LogP contribution in [0.25, 0.3) is 6.08 Å². The lowest BCUT2D eigenvalue weighted by molar-refractivity contribution is -0.144. The van der Waals surface area contributed by atoms with E-state index in [2.05, 4.69) is 10.6 Å². The molecule has 0 unspecified atom stereocenters. The van der Waals surface area contributed by atoms with Crippen LogP contribution < -0.4 is 20.1 Å². The van der Waals surface area contributed by atoms with Gasteiger partial charge in [-0.25, -0.2) is 4.79 Å². The molecule has 0 fully saturated rings. The first kappa shape index (κ1) is 24.0. The molecule has 2 rings (SSSR count). The molecule has 0 aromatic heterocycles. The highest BCUT2D eigenvalue weighted by molar-refractivity contribution is 5.99. The number of carbonyl (C=O) groups is 3. The van der Waals surface area contributed by atoms with Gasteiger partial charge in [-0.1, -0.05) is 18.2 Å². The second-order valence-corrected chi connectivity index (χ2v) is 6.55. The normalized spacial score (nSPS) is 10.5. The lowest BCUT2D eigenvalue weighted by atomic mass is 10.1. The number of anilines is 1. The summed E-state index contributed by atoms with van der Waals surface area (Å²) in [5.41, 5.74) is 1.72. The Kier molecular flexibility index (Phi) is 8.80. The van der Waals surface area contributed by atoms with Crippen LogP contribution in [-0.2, 0) is 19.1 Å². The van der Waals surface area contributed by atoms with Crippen molar-refractivity contribution in [1.29, 1.82) is 5.26 Å². The Morgan fingerprint density at radius 2 is 1.75 bits per heavy atom. The van der Waals surface area contributed by atoms with E-state index >= 15 is 0 Å². The van der Waals surface area contributed by atoms with Crippen molar-refractivity contribution in [3.63, 3.8) is 0 Å². The molecule has 32 heavy (non-hydrogen) atoms. The van der Waals surface area contributed by atoms with E-state index in [0.717, 1.165) is 5.56 Å². The lowest BCUT2D eigenvalue weighted by Gasteiger charge is -2.11. The highest BCUT2D eigenvalue weighted by Gasteiger charge is 2.14. The Labute approximate surface area is 185 Å². The molecule has 0 radical (unpaired) electrons. The third kappa shape index (κ3) is 7.18. The fourth-order valence-electron chi connectivity index (χ4n) is 2.56. The fraction of sp³-hybridized carbons (Fsp3) is 0.217. The van der Waals surface area contributed by atoms with Crippen molar-refractivity contribution in [2.24, 2.45) is 0 Å². The zero-order chi connectivity index (χ0) is 23.5. The molecule has 0 atom stereocenters. The number of aryl methyl sites for hydroxylation is 1. The monoisotopic (exact) mass is 437 g/mol. The van der Waals surface area contributed by atoms with E-state index in [0.29, 0.717) is 22.7 Å². The summed E-state index contributed by atoms with van der Waals surface area (Å²) in [6.45, 7) is 0.894. The lowest BCUT2D eigenvalue weighted by Crippen LogP contribution is -2.35. The summed E-state index contributed by atoms with van der Waals surface area (Å²) in [5.74, 6) is -1.01. The average Bonchev–Trinajstić information content (AvgIpc) is 2.80. The standard InChI is InChI=1S/C23H23N3O6/c1-15-4-9-20(31-3)19(10-15)26-21(27)13-25-22(28)14-32-23(29)17(12-24)11-16-5-7-18(30-2)8-6-16/h4-11H,13-14H2,1-3H3,(H,25,28)(H,26,27). The summed E-state index contributed by atoms with van der Waals surface area (Å²) in [7, 11) is 3.01. The van der Waals surface area contributed by atoms with Crippen LogP contribution in [0.4, 0.5) is 5.69 Å². The van der Waals surface area contributed by atoms with E-state index in [1.54, 1.807) is 42.5 Å². The second kappa shape index (κ2) is 11.8. The summed E-state index contributed by atoms with van der Waals surface area (Å²) in [6, 6.07) is 13.7. The van der Waals surface area contributed by atoms with E-state index in [1.807, 2.05) is 13.0 Å². The third-order valence-electron chi connectivity index (χ3n) is 4.18. The molecule has 0 aliphatic heterocycles. The number of esters is 1. The van der Waals surface area contributed by atoms with Crippen molar-refractivity contribution >= 4 is 29.5 Å². The molecule has 0 saturated carbocycles. The first-order chi connectivity index (χ1) is 15.4. The minimum atomic E-state index is -0.951. The van der Waals surface area contributed by atoms with Gasteiger partial charge in [0.1, 0.15) is 23.1 Å². The number of ether oxygens (including phenoxy) is 3. The number of hydrogen-bond donors (Lipinski definition) is 2. The van der Waals surface area contributed by atoms with Gasteiger partial charge in [0.25, 0.3) is 5.91 Å². The molecule has 0 heterocycles. The molecule has 0 aliphatic carbocycles. The van der Waals surface area contributed by atoms with E-state index in [4.69, 9.17) is 14.2 Å². The molecule has 2 N–H and O–H groups in total. The first-order valence-corrected chi connectivity index (χ1v) is 9.50. The predicted molar refractivity (Wildman–Crippen MR) is 117 cm³/mol. The van der Waals surface area contributed by atoms with Crippen LogP contribution >= 0.6 is 0 Å². The zero-order valence-electron chi connectivity index (χ0n) is 17.9. The van der Waals surface area contributed by atoms with E-state index in [1.165, 1.54) is 20.3 Å². The SMILES string of the molecule is COc1ccc(C=C(C#N)C(=O)OCC(=O)NCC(=O)Nc2cc(C)ccc2OC)cc1. The average molecular weight is 437 g/mol. The van der Waals surface area contributed by atoms with Crippen molar-refractivity contribution in [3.8, 4) is 17.6 Å². The van der Waals surface area contributed by atoms with Crippen LogP contribution in [0.15, 0.2) is 48.0 Å². The number of amides is 2. The number of methoxy groups -OCH3 is 2. The molecular formula is C23H23N3O6. The highest BCUT2D eigenvalue weighted by Crippen LogP contribution is 2.24. The molecule has 0 spiro atoms. The molecule has 2 aromatic rings. The van der Waals surface area contributed by atoms with Crippen molar-refractivity contribution in [3.05, 3.63) is 59.2 Å². The predicted octanol–water partition coefficient (Wildman–Crippen LogP) is 2.22. The molecule has 2 aromatic carbocycles. The molecule has 166 valence electrons. The van der Waals surface area contributed by atoms with Gasteiger partial charge in [0, 0.05) is 0 Å². The minimum Gasteiger partial charge on any atom is -0.497 e. The maximum Gasteiger partial charge on any atom is 0.349 e. The molecule has 0 aliphatic rings. The number of rotatable bonds is 9. The van der Waals surface area contributed by atoms with Crippen molar-refractivity contribution < 1.29 is 28.6 Å². The Hall–Kier alpha value is -4.32. The summed E-state index contributed by atoms with van der Waals surface area (Å²) in [6.07, 6.45) is 1.34. The van der Waals surface area contributed by atoms with E-state index in [-0.39, 0.29) is 12.1 Å². The Bertz CT molecular complexity index is 1050. The van der Waals surface area contributed by atoms with Gasteiger partial charge in [0.2, 0.25) is 5.91 Å². The van der Waals surface area contributed by atoms with Crippen LogP contribution in [0, 0.1) is 18.3 Å². The smallest absolute Gasteiger partial charge is 0.349 e. The quantitative estimate of drug-likeness (QED) is 0.350. The van der Waals surface area contributed by atoms with Crippen LogP contribution in [0.3, 0.4) is 0 Å². The topological polar surface area (TPSA) is 127 Å². The molecule has 9 nitrogen and oxygen atoms in total. The third-order valence-corrected chi connectivity index (χ3v) is 4.18. The van der Waals surface area contributed by atoms with Crippen LogP contribution in [-0.4, -0.2) is 45.2 Å². The Morgan fingerprint density at radius 3 is 2.38 bits per heavy atom. The van der Waals surface area contributed by atoms with Crippen LogP contribution in [0.2, 0.25) is 0 Å². The summed E-state index contributed by atoms with van der Waals surface area (Å²) < 4.78 is 15.1. The zero-order valence-corrected chi connectivity index (χ0v) is 17.9. The fourth-order valence-corrected chi connectivity index (χ4v) is 2.56. The Morgan fingerprint density at radius 1 is 1.03 bits per heavy atom. The first-order valence-electron chi connectivity index (χ1n) is 9.50. The van der Waals surface area contributed by atoms with Gasteiger partial charge in [0.05, 0.1) is 26.5 Å². The van der Waals surface area contributed by atoms with Gasteiger partial charge in [-0.15, -0.1) is 0 Å². The number of carbonyl (C=O) groups excluding carboxylic acids is 3. The van der Waals surface area contributed by atoms with Crippen molar-refractivity contribution in [1.82, 2.24) is 5.32 Å². The number of nitrogens with zero attached hydrogens (tertiary/aromatic N) is 1. The summed E-state index contributed by atoms with van der Waals surface area (Å²) in [5, 5.41) is 14.2. The van der Waals surface area contributed by atoms with Gasteiger partial charge < -0.3 is 24.8 Å². The number of nitrogens with one attached hydrogen (secondary N) is 2. The van der Waals surface area contributed by atoms with Gasteiger partial charge in [0.15, 0.2) is 6.61 Å². The number of hydrogen-bond acceptors (Lipinski definition) is 7. The summed E-state index contributed by atoms with van der Waals surface area (Å²) >= 11 is 0. The molecule has 0 saturated heterocycles. The minimum absolute atomic E-state index is 0.271. The molecular weight excluding hydrogens is 414 g/mol. The highest BCUT2D eigenvalue weighted by atomic mass is 16.5. The Balaban J connectivity index is 1.84. The van der Waals surface area contributed by atoms with Crippen molar-refractivity contribution in [2.45, 2.75) is 6.92 Å². The largest absolute Gasteiger partial charge is 0.497 e. The van der Waals surface area contributed by atoms with Gasteiger partial charge in [-0.3, -0.25) is 9.59 Å². The molecule has 2 amide bonds. The second-order valence-electron chi connectivity index (χ2n) is 6.55. The maximum absolute atomic E-state index is 12.1. The van der Waals surface area contributed by atoms with Crippen molar-refractivity contribution in [2.75, 3.05) is 32.7 Å². The van der Waals surface area contributed by atoms with E-state index in [9.17, 15) is 19.6 Å².